The minimum atomic E-state index is -0.681. The van der Waals surface area contributed by atoms with Crippen LogP contribution < -0.4 is 0 Å². The molecule has 0 N–H and O–H groups in total. The number of carbonyl (C=O) groups excluding carboxylic acids is 2. The summed E-state index contributed by atoms with van der Waals surface area (Å²) in [7, 11) is 0. The molecular weight excluding hydrogens is 300 g/mol. The van der Waals surface area contributed by atoms with Crippen LogP contribution in [0.4, 0.5) is 0 Å². The standard InChI is InChI=1S/C17H32O6/c1-9-10-11-13(15(19)21-23-17(6,7)8)12(2)14(18)20-22-16(3,4)5/h12-13H,9-11H2,1-8H3. The zero-order valence-electron chi connectivity index (χ0n) is 15.7. The first-order valence-electron chi connectivity index (χ1n) is 8.16. The van der Waals surface area contributed by atoms with Crippen LogP contribution in [0.5, 0.6) is 0 Å². The lowest BCUT2D eigenvalue weighted by atomic mass is 9.89. The first kappa shape index (κ1) is 21.9. The van der Waals surface area contributed by atoms with E-state index >= 15 is 0 Å². The van der Waals surface area contributed by atoms with Gasteiger partial charge in [-0.25, -0.2) is 9.59 Å². The molecule has 0 radical (unpaired) electrons. The average molecular weight is 332 g/mol. The van der Waals surface area contributed by atoms with Crippen LogP contribution in [0, 0.1) is 11.8 Å². The zero-order valence-corrected chi connectivity index (χ0v) is 15.7. The summed E-state index contributed by atoms with van der Waals surface area (Å²) in [6.07, 6.45) is 2.23. The SMILES string of the molecule is CCCCC(C(=O)OOC(C)(C)C)C(C)C(=O)OOC(C)(C)C. The molecule has 136 valence electrons. The van der Waals surface area contributed by atoms with E-state index in [1.54, 1.807) is 48.5 Å². The van der Waals surface area contributed by atoms with Crippen LogP contribution in [-0.4, -0.2) is 23.1 Å². The second-order valence-electron chi connectivity index (χ2n) is 7.73. The van der Waals surface area contributed by atoms with Crippen LogP contribution in [-0.2, 0) is 29.1 Å². The van der Waals surface area contributed by atoms with Gasteiger partial charge in [-0.15, -0.1) is 0 Å². The Balaban J connectivity index is 4.79. The van der Waals surface area contributed by atoms with Crippen molar-refractivity contribution in [1.82, 2.24) is 0 Å². The van der Waals surface area contributed by atoms with E-state index in [1.807, 2.05) is 6.92 Å². The molecule has 6 heteroatoms. The molecule has 0 saturated heterocycles. The Morgan fingerprint density at radius 2 is 1.30 bits per heavy atom. The molecule has 0 aromatic rings. The summed E-state index contributed by atoms with van der Waals surface area (Å²) in [4.78, 5) is 44.2. The van der Waals surface area contributed by atoms with E-state index in [-0.39, 0.29) is 0 Å². The lowest BCUT2D eigenvalue weighted by Crippen LogP contribution is -2.34. The topological polar surface area (TPSA) is 71.1 Å². The van der Waals surface area contributed by atoms with Crippen LogP contribution in [0.1, 0.15) is 74.7 Å². The summed E-state index contributed by atoms with van der Waals surface area (Å²) >= 11 is 0. The number of rotatable bonds is 8. The first-order valence-corrected chi connectivity index (χ1v) is 8.16. The molecule has 0 saturated carbocycles. The van der Waals surface area contributed by atoms with Gasteiger partial charge in [0.1, 0.15) is 11.2 Å². The molecule has 0 aromatic heterocycles. The van der Waals surface area contributed by atoms with Crippen molar-refractivity contribution in [2.75, 3.05) is 0 Å². The van der Waals surface area contributed by atoms with Gasteiger partial charge in [0.2, 0.25) is 0 Å². The Bertz CT molecular complexity index is 378. The number of unbranched alkanes of at least 4 members (excludes halogenated alkanes) is 1. The molecule has 0 heterocycles. The maximum absolute atomic E-state index is 12.2. The maximum Gasteiger partial charge on any atom is 0.346 e. The van der Waals surface area contributed by atoms with E-state index in [1.165, 1.54) is 0 Å². The second-order valence-corrected chi connectivity index (χ2v) is 7.73. The summed E-state index contributed by atoms with van der Waals surface area (Å²) in [5.41, 5.74) is -1.21. The van der Waals surface area contributed by atoms with Crippen LogP contribution in [0.15, 0.2) is 0 Å². The van der Waals surface area contributed by atoms with Gasteiger partial charge in [-0.3, -0.25) is 9.78 Å². The molecule has 0 bridgehead atoms. The minimum Gasteiger partial charge on any atom is -0.297 e. The molecule has 6 nitrogen and oxygen atoms in total. The highest BCUT2D eigenvalue weighted by Crippen LogP contribution is 2.24. The summed E-state index contributed by atoms with van der Waals surface area (Å²) in [5.74, 6) is -2.46. The Labute approximate surface area is 139 Å². The van der Waals surface area contributed by atoms with Crippen LogP contribution >= 0.6 is 0 Å². The molecule has 23 heavy (non-hydrogen) atoms. The third kappa shape index (κ3) is 10.3. The van der Waals surface area contributed by atoms with E-state index in [0.717, 1.165) is 12.8 Å². The normalized spacial score (nSPS) is 15.0. The molecule has 0 fully saturated rings. The summed E-state index contributed by atoms with van der Waals surface area (Å²) < 4.78 is 0. The Morgan fingerprint density at radius 1 is 0.870 bits per heavy atom. The smallest absolute Gasteiger partial charge is 0.297 e. The molecule has 0 spiro atoms. The van der Waals surface area contributed by atoms with Gasteiger partial charge in [0.15, 0.2) is 0 Å². The Kier molecular flexibility index (Phi) is 8.77. The molecule has 2 unspecified atom stereocenters. The molecule has 2 atom stereocenters. The fraction of sp³-hybridized carbons (Fsp3) is 0.882. The van der Waals surface area contributed by atoms with Crippen molar-refractivity contribution in [3.05, 3.63) is 0 Å². The fourth-order valence-electron chi connectivity index (χ4n) is 1.63. The number of hydrogen-bond acceptors (Lipinski definition) is 6. The van der Waals surface area contributed by atoms with Crippen molar-refractivity contribution in [1.29, 1.82) is 0 Å². The van der Waals surface area contributed by atoms with E-state index in [4.69, 9.17) is 19.6 Å². The van der Waals surface area contributed by atoms with Gasteiger partial charge in [-0.2, -0.15) is 9.78 Å². The quantitative estimate of drug-likeness (QED) is 0.494. The highest BCUT2D eigenvalue weighted by atomic mass is 17.2. The summed E-state index contributed by atoms with van der Waals surface area (Å²) in [6, 6.07) is 0. The predicted octanol–water partition coefficient (Wildman–Crippen LogP) is 3.98. The van der Waals surface area contributed by atoms with Gasteiger partial charge in [0, 0.05) is 0 Å². The second kappa shape index (κ2) is 9.23. The number of carbonyl (C=O) groups is 2. The van der Waals surface area contributed by atoms with Gasteiger partial charge < -0.3 is 0 Å². The van der Waals surface area contributed by atoms with Crippen molar-refractivity contribution in [2.45, 2.75) is 85.9 Å². The predicted molar refractivity (Wildman–Crippen MR) is 86.0 cm³/mol. The summed E-state index contributed by atoms with van der Waals surface area (Å²) in [5, 5.41) is 0. The Morgan fingerprint density at radius 3 is 1.70 bits per heavy atom. The molecule has 0 aliphatic rings. The highest BCUT2D eigenvalue weighted by Gasteiger charge is 2.35. The first-order chi connectivity index (χ1) is 10.4. The maximum atomic E-state index is 12.2. The third-order valence-corrected chi connectivity index (χ3v) is 2.89. The lowest BCUT2D eigenvalue weighted by Gasteiger charge is -2.24. The van der Waals surface area contributed by atoms with Gasteiger partial charge in [0.25, 0.3) is 0 Å². The molecule has 0 aliphatic carbocycles. The van der Waals surface area contributed by atoms with Crippen LogP contribution in [0.2, 0.25) is 0 Å². The lowest BCUT2D eigenvalue weighted by molar-refractivity contribution is -0.329. The molecule has 0 rings (SSSR count). The van der Waals surface area contributed by atoms with Crippen molar-refractivity contribution in [3.8, 4) is 0 Å². The largest absolute Gasteiger partial charge is 0.346 e. The number of hydrogen-bond donors (Lipinski definition) is 0. The van der Waals surface area contributed by atoms with Crippen molar-refractivity contribution in [2.24, 2.45) is 11.8 Å². The highest BCUT2D eigenvalue weighted by molar-refractivity contribution is 5.81. The monoisotopic (exact) mass is 332 g/mol. The minimum absolute atomic E-state index is 0.522. The fourth-order valence-corrected chi connectivity index (χ4v) is 1.63. The third-order valence-electron chi connectivity index (χ3n) is 2.89. The molecule has 0 aromatic carbocycles. The van der Waals surface area contributed by atoms with Crippen molar-refractivity contribution in [3.63, 3.8) is 0 Å². The molecule has 0 aliphatic heterocycles. The van der Waals surface area contributed by atoms with E-state index < -0.39 is 35.0 Å². The average Bonchev–Trinajstić information content (AvgIpc) is 2.41. The van der Waals surface area contributed by atoms with Crippen molar-refractivity contribution >= 4 is 11.9 Å². The Hall–Kier alpha value is -1.14. The van der Waals surface area contributed by atoms with Gasteiger partial charge in [0.05, 0.1) is 11.8 Å². The molecular formula is C17H32O6. The van der Waals surface area contributed by atoms with Crippen LogP contribution in [0.25, 0.3) is 0 Å². The zero-order chi connectivity index (χ0) is 18.3. The van der Waals surface area contributed by atoms with Crippen LogP contribution in [0.3, 0.4) is 0 Å². The van der Waals surface area contributed by atoms with Gasteiger partial charge in [-0.05, 0) is 48.0 Å². The van der Waals surface area contributed by atoms with Gasteiger partial charge >= 0.3 is 11.9 Å². The summed E-state index contributed by atoms with van der Waals surface area (Å²) in [6.45, 7) is 14.3. The van der Waals surface area contributed by atoms with Crippen molar-refractivity contribution < 1.29 is 29.1 Å². The van der Waals surface area contributed by atoms with E-state index in [9.17, 15) is 9.59 Å². The van der Waals surface area contributed by atoms with E-state index in [2.05, 4.69) is 0 Å². The van der Waals surface area contributed by atoms with Gasteiger partial charge in [-0.1, -0.05) is 26.7 Å². The molecule has 0 amide bonds. The van der Waals surface area contributed by atoms with E-state index in [0.29, 0.717) is 6.42 Å².